The lowest BCUT2D eigenvalue weighted by Gasteiger charge is -2.33. The molecule has 154 valence electrons. The highest BCUT2D eigenvalue weighted by atomic mass is 35.5. The Morgan fingerprint density at radius 2 is 1.93 bits per heavy atom. The number of nitrogens with zero attached hydrogens (tertiary/aromatic N) is 4. The van der Waals surface area contributed by atoms with Gasteiger partial charge in [0.2, 0.25) is 11.8 Å². The second-order valence-electron chi connectivity index (χ2n) is 8.14. The van der Waals surface area contributed by atoms with Gasteiger partial charge < -0.3 is 10.2 Å². The molecule has 2 heterocycles. The topological polar surface area (TPSA) is 70.5 Å². The zero-order valence-corrected chi connectivity index (χ0v) is 17.7. The van der Waals surface area contributed by atoms with Gasteiger partial charge in [-0.25, -0.2) is 0 Å². The Kier molecular flexibility index (Phi) is 6.78. The van der Waals surface area contributed by atoms with Gasteiger partial charge in [-0.2, -0.15) is 5.10 Å². The van der Waals surface area contributed by atoms with Crippen molar-refractivity contribution in [2.75, 3.05) is 32.7 Å². The molecule has 1 aliphatic carbocycles. The zero-order valence-electron chi connectivity index (χ0n) is 16.9. The smallest absolute Gasteiger partial charge is 0.246 e. The number of nitrogens with one attached hydrogen (secondary N) is 1. The monoisotopic (exact) mass is 407 g/mol. The predicted octanol–water partition coefficient (Wildman–Crippen LogP) is 1.94. The van der Waals surface area contributed by atoms with Crippen molar-refractivity contribution in [2.24, 2.45) is 5.92 Å². The lowest BCUT2D eigenvalue weighted by molar-refractivity contribution is -0.128. The molecule has 28 heavy (non-hydrogen) atoms. The van der Waals surface area contributed by atoms with Crippen molar-refractivity contribution in [3.63, 3.8) is 0 Å². The summed E-state index contributed by atoms with van der Waals surface area (Å²) in [7, 11) is 0. The first kappa shape index (κ1) is 20.9. The standard InChI is InChI=1S/C20H30ClN5O2/c1-14(2)12-26-20(21)17(15(3)23-26)6-7-19(28)25-10-8-24(9-11-25)13-18(27)22-16-4-5-16/h6-7,14,16H,4-5,8-13H2,1-3H3,(H,22,27)/b7-6+. The minimum atomic E-state index is -0.0332. The van der Waals surface area contributed by atoms with Crippen molar-refractivity contribution >= 4 is 29.5 Å². The van der Waals surface area contributed by atoms with Crippen molar-refractivity contribution in [2.45, 2.75) is 46.2 Å². The first-order valence-electron chi connectivity index (χ1n) is 10.0. The highest BCUT2D eigenvalue weighted by Gasteiger charge is 2.26. The van der Waals surface area contributed by atoms with Crippen LogP contribution < -0.4 is 5.32 Å². The maximum atomic E-state index is 12.5. The van der Waals surface area contributed by atoms with E-state index in [0.717, 1.165) is 30.6 Å². The van der Waals surface area contributed by atoms with E-state index in [4.69, 9.17) is 11.6 Å². The summed E-state index contributed by atoms with van der Waals surface area (Å²) in [5.41, 5.74) is 1.62. The molecule has 1 aromatic rings. The number of carbonyl (C=O) groups is 2. The summed E-state index contributed by atoms with van der Waals surface area (Å²) >= 11 is 6.43. The van der Waals surface area contributed by atoms with Gasteiger partial charge in [-0.05, 0) is 31.8 Å². The SMILES string of the molecule is Cc1nn(CC(C)C)c(Cl)c1/C=C/C(=O)N1CCN(CC(=O)NC2CC2)CC1. The Morgan fingerprint density at radius 1 is 1.25 bits per heavy atom. The van der Waals surface area contributed by atoms with Gasteiger partial charge in [0.15, 0.2) is 0 Å². The molecule has 1 N–H and O–H groups in total. The van der Waals surface area contributed by atoms with Gasteiger partial charge in [0.05, 0.1) is 12.2 Å². The molecule has 0 radical (unpaired) electrons. The van der Waals surface area contributed by atoms with Crippen LogP contribution in [0.3, 0.4) is 0 Å². The van der Waals surface area contributed by atoms with Crippen LogP contribution in [-0.2, 0) is 16.1 Å². The molecule has 1 saturated carbocycles. The average Bonchev–Trinajstić information content (AvgIpc) is 3.40. The van der Waals surface area contributed by atoms with Crippen molar-refractivity contribution in [1.82, 2.24) is 24.9 Å². The van der Waals surface area contributed by atoms with Crippen LogP contribution in [0.15, 0.2) is 6.08 Å². The maximum absolute atomic E-state index is 12.5. The molecule has 2 fully saturated rings. The number of aromatic nitrogens is 2. The molecule has 0 unspecified atom stereocenters. The third-order valence-electron chi connectivity index (χ3n) is 5.03. The minimum Gasteiger partial charge on any atom is -0.352 e. The Bertz CT molecular complexity index is 746. The van der Waals surface area contributed by atoms with Gasteiger partial charge in [0.25, 0.3) is 0 Å². The molecule has 1 aliphatic heterocycles. The number of amides is 2. The fourth-order valence-corrected chi connectivity index (χ4v) is 3.62. The molecule has 0 bridgehead atoms. The highest BCUT2D eigenvalue weighted by Crippen LogP contribution is 2.22. The average molecular weight is 408 g/mol. The summed E-state index contributed by atoms with van der Waals surface area (Å²) in [4.78, 5) is 28.3. The summed E-state index contributed by atoms with van der Waals surface area (Å²) in [6, 6.07) is 0.390. The Balaban J connectivity index is 1.50. The quantitative estimate of drug-likeness (QED) is 0.701. The number of hydrogen-bond acceptors (Lipinski definition) is 4. The number of aryl methyl sites for hydroxylation is 1. The molecule has 1 aromatic heterocycles. The van der Waals surface area contributed by atoms with E-state index in [9.17, 15) is 9.59 Å². The molecule has 2 amide bonds. The van der Waals surface area contributed by atoms with Crippen molar-refractivity contribution in [1.29, 1.82) is 0 Å². The lowest BCUT2D eigenvalue weighted by atomic mass is 10.2. The van der Waals surface area contributed by atoms with E-state index in [1.54, 1.807) is 16.8 Å². The van der Waals surface area contributed by atoms with E-state index in [1.807, 2.05) is 11.8 Å². The van der Waals surface area contributed by atoms with E-state index in [1.165, 1.54) is 0 Å². The molecule has 8 heteroatoms. The number of rotatable bonds is 7. The predicted molar refractivity (Wildman–Crippen MR) is 110 cm³/mol. The van der Waals surface area contributed by atoms with E-state index in [0.29, 0.717) is 49.8 Å². The first-order chi connectivity index (χ1) is 13.3. The molecule has 7 nitrogen and oxygen atoms in total. The molecule has 0 aromatic carbocycles. The van der Waals surface area contributed by atoms with Crippen LogP contribution >= 0.6 is 11.6 Å². The van der Waals surface area contributed by atoms with Gasteiger partial charge >= 0.3 is 0 Å². The second kappa shape index (κ2) is 9.09. The molecule has 1 saturated heterocycles. The maximum Gasteiger partial charge on any atom is 0.246 e. The molecular formula is C20H30ClN5O2. The van der Waals surface area contributed by atoms with Crippen LogP contribution in [0, 0.1) is 12.8 Å². The van der Waals surface area contributed by atoms with Gasteiger partial charge in [-0.1, -0.05) is 25.4 Å². The summed E-state index contributed by atoms with van der Waals surface area (Å²) < 4.78 is 1.79. The minimum absolute atomic E-state index is 0.0332. The summed E-state index contributed by atoms with van der Waals surface area (Å²) in [5.74, 6) is 0.498. The van der Waals surface area contributed by atoms with Gasteiger partial charge in [0.1, 0.15) is 5.15 Å². The Labute approximate surface area is 171 Å². The van der Waals surface area contributed by atoms with E-state index < -0.39 is 0 Å². The van der Waals surface area contributed by atoms with Crippen LogP contribution in [0.5, 0.6) is 0 Å². The Morgan fingerprint density at radius 3 is 2.54 bits per heavy atom. The summed E-state index contributed by atoms with van der Waals surface area (Å²) in [6.45, 7) is 9.96. The van der Waals surface area contributed by atoms with Crippen molar-refractivity contribution in [3.8, 4) is 0 Å². The van der Waals surface area contributed by atoms with Gasteiger partial charge in [-0.3, -0.25) is 19.2 Å². The fraction of sp³-hybridized carbons (Fsp3) is 0.650. The molecule has 2 aliphatic rings. The number of carbonyl (C=O) groups excluding carboxylic acids is 2. The van der Waals surface area contributed by atoms with Gasteiger partial charge in [-0.15, -0.1) is 0 Å². The fourth-order valence-electron chi connectivity index (χ4n) is 3.31. The van der Waals surface area contributed by atoms with Crippen molar-refractivity contribution in [3.05, 3.63) is 22.5 Å². The highest BCUT2D eigenvalue weighted by molar-refractivity contribution is 6.31. The Hall–Kier alpha value is -1.86. The summed E-state index contributed by atoms with van der Waals surface area (Å²) in [5, 5.41) is 8.04. The number of halogens is 1. The van der Waals surface area contributed by atoms with E-state index in [2.05, 4.69) is 29.2 Å². The van der Waals surface area contributed by atoms with Crippen LogP contribution in [0.2, 0.25) is 5.15 Å². The molecule has 0 atom stereocenters. The molecule has 3 rings (SSSR count). The van der Waals surface area contributed by atoms with Crippen molar-refractivity contribution < 1.29 is 9.59 Å². The first-order valence-corrected chi connectivity index (χ1v) is 10.4. The normalized spacial score (nSPS) is 18.2. The lowest BCUT2D eigenvalue weighted by Crippen LogP contribution is -2.51. The van der Waals surface area contributed by atoms with Crippen LogP contribution in [0.1, 0.15) is 37.9 Å². The number of hydrogen-bond donors (Lipinski definition) is 1. The van der Waals surface area contributed by atoms with Gasteiger partial charge in [0, 0.05) is 50.4 Å². The summed E-state index contributed by atoms with van der Waals surface area (Å²) in [6.07, 6.45) is 5.53. The van der Waals surface area contributed by atoms with Crippen LogP contribution in [0.4, 0.5) is 0 Å². The molecular weight excluding hydrogens is 378 g/mol. The molecule has 0 spiro atoms. The third-order valence-corrected chi connectivity index (χ3v) is 5.43. The van der Waals surface area contributed by atoms with E-state index in [-0.39, 0.29) is 11.8 Å². The number of piperazine rings is 1. The van der Waals surface area contributed by atoms with Crippen LogP contribution in [0.25, 0.3) is 6.08 Å². The third kappa shape index (κ3) is 5.58. The second-order valence-corrected chi connectivity index (χ2v) is 8.50. The zero-order chi connectivity index (χ0) is 20.3. The van der Waals surface area contributed by atoms with Crippen LogP contribution in [-0.4, -0.2) is 70.2 Å². The largest absolute Gasteiger partial charge is 0.352 e. The van der Waals surface area contributed by atoms with E-state index >= 15 is 0 Å².